The van der Waals surface area contributed by atoms with Gasteiger partial charge in [-0.3, -0.25) is 0 Å². The van der Waals surface area contributed by atoms with E-state index in [1.165, 1.54) is 6.07 Å². The standard InChI is InChI=1S/C16H15BrFN3/c1-10(16-20-14-4-2-3-5-15(14)21-16)19-9-11-6-7-13(18)12(17)8-11/h2-8,10,19H,9H2,1H3,(H,20,21). The minimum atomic E-state index is -0.246. The van der Waals surface area contributed by atoms with Gasteiger partial charge in [-0.25, -0.2) is 9.37 Å². The molecular weight excluding hydrogens is 333 g/mol. The summed E-state index contributed by atoms with van der Waals surface area (Å²) < 4.78 is 13.7. The maximum absolute atomic E-state index is 13.2. The quantitative estimate of drug-likeness (QED) is 0.737. The molecule has 0 spiro atoms. The van der Waals surface area contributed by atoms with Crippen LogP contribution >= 0.6 is 15.9 Å². The summed E-state index contributed by atoms with van der Waals surface area (Å²) in [4.78, 5) is 7.88. The zero-order valence-electron chi connectivity index (χ0n) is 11.5. The highest BCUT2D eigenvalue weighted by Gasteiger charge is 2.10. The van der Waals surface area contributed by atoms with Crippen molar-refractivity contribution in [1.29, 1.82) is 0 Å². The Balaban J connectivity index is 1.70. The number of benzene rings is 2. The lowest BCUT2D eigenvalue weighted by molar-refractivity contribution is 0.550. The Morgan fingerprint density at radius 1 is 1.29 bits per heavy atom. The van der Waals surface area contributed by atoms with Crippen LogP contribution in [0.3, 0.4) is 0 Å². The molecule has 2 N–H and O–H groups in total. The van der Waals surface area contributed by atoms with Crippen molar-refractivity contribution in [2.45, 2.75) is 19.5 Å². The minimum absolute atomic E-state index is 0.0845. The van der Waals surface area contributed by atoms with E-state index in [1.807, 2.05) is 24.3 Å². The second kappa shape index (κ2) is 5.95. The van der Waals surface area contributed by atoms with Crippen molar-refractivity contribution in [1.82, 2.24) is 15.3 Å². The van der Waals surface area contributed by atoms with Crippen molar-refractivity contribution in [2.75, 3.05) is 0 Å². The molecule has 0 saturated carbocycles. The zero-order valence-corrected chi connectivity index (χ0v) is 13.1. The number of fused-ring (bicyclic) bond motifs is 1. The zero-order chi connectivity index (χ0) is 14.8. The fourth-order valence-electron chi connectivity index (χ4n) is 2.19. The van der Waals surface area contributed by atoms with Crippen LogP contribution in [0.15, 0.2) is 46.9 Å². The molecule has 2 aromatic carbocycles. The lowest BCUT2D eigenvalue weighted by Gasteiger charge is -2.11. The first-order valence-corrected chi connectivity index (χ1v) is 7.55. The first-order chi connectivity index (χ1) is 10.1. The second-order valence-electron chi connectivity index (χ2n) is 4.99. The fourth-order valence-corrected chi connectivity index (χ4v) is 2.62. The molecule has 0 saturated heterocycles. The van der Waals surface area contributed by atoms with Crippen LogP contribution < -0.4 is 5.32 Å². The first kappa shape index (κ1) is 14.2. The summed E-state index contributed by atoms with van der Waals surface area (Å²) in [5, 5.41) is 3.39. The third-order valence-electron chi connectivity index (χ3n) is 3.41. The van der Waals surface area contributed by atoms with Gasteiger partial charge in [0.25, 0.3) is 0 Å². The molecule has 0 fully saturated rings. The molecule has 0 aliphatic rings. The second-order valence-corrected chi connectivity index (χ2v) is 5.84. The number of hydrogen-bond donors (Lipinski definition) is 2. The molecule has 3 aromatic rings. The Bertz CT molecular complexity index is 736. The SMILES string of the molecule is CC(NCc1ccc(F)c(Br)c1)c1nc2ccccc2[nH]1. The summed E-state index contributed by atoms with van der Waals surface area (Å²) in [5.74, 6) is 0.654. The minimum Gasteiger partial charge on any atom is -0.341 e. The van der Waals surface area contributed by atoms with E-state index in [1.54, 1.807) is 12.1 Å². The van der Waals surface area contributed by atoms with Gasteiger partial charge < -0.3 is 10.3 Å². The van der Waals surface area contributed by atoms with Gasteiger partial charge >= 0.3 is 0 Å². The average Bonchev–Trinajstić information content (AvgIpc) is 2.92. The molecule has 0 aliphatic heterocycles. The Hall–Kier alpha value is -1.72. The molecular formula is C16H15BrFN3. The Labute approximate surface area is 130 Å². The Morgan fingerprint density at radius 3 is 2.86 bits per heavy atom. The van der Waals surface area contributed by atoms with Gasteiger partial charge in [0.15, 0.2) is 0 Å². The highest BCUT2D eigenvalue weighted by atomic mass is 79.9. The molecule has 0 amide bonds. The predicted octanol–water partition coefficient (Wildman–Crippen LogP) is 4.32. The summed E-state index contributed by atoms with van der Waals surface area (Å²) in [6, 6.07) is 13.1. The molecule has 1 heterocycles. The Morgan fingerprint density at radius 2 is 2.10 bits per heavy atom. The van der Waals surface area contributed by atoms with Crippen molar-refractivity contribution in [3.05, 3.63) is 64.1 Å². The topological polar surface area (TPSA) is 40.7 Å². The maximum atomic E-state index is 13.2. The van der Waals surface area contributed by atoms with Gasteiger partial charge in [0.05, 0.1) is 21.5 Å². The van der Waals surface area contributed by atoms with E-state index in [-0.39, 0.29) is 11.9 Å². The monoisotopic (exact) mass is 347 g/mol. The summed E-state index contributed by atoms with van der Waals surface area (Å²) in [7, 11) is 0. The number of hydrogen-bond acceptors (Lipinski definition) is 2. The van der Waals surface area contributed by atoms with E-state index in [2.05, 4.69) is 38.1 Å². The fraction of sp³-hybridized carbons (Fsp3) is 0.188. The highest BCUT2D eigenvalue weighted by Crippen LogP contribution is 2.19. The van der Waals surface area contributed by atoms with Crippen LogP contribution in [-0.2, 0) is 6.54 Å². The summed E-state index contributed by atoms with van der Waals surface area (Å²) in [6.45, 7) is 2.70. The molecule has 108 valence electrons. The number of aromatic nitrogens is 2. The van der Waals surface area contributed by atoms with Gasteiger partial charge in [-0.1, -0.05) is 18.2 Å². The van der Waals surface area contributed by atoms with E-state index in [9.17, 15) is 4.39 Å². The summed E-state index contributed by atoms with van der Waals surface area (Å²) in [5.41, 5.74) is 3.02. The van der Waals surface area contributed by atoms with E-state index in [0.717, 1.165) is 22.4 Å². The highest BCUT2D eigenvalue weighted by molar-refractivity contribution is 9.10. The number of rotatable bonds is 4. The van der Waals surface area contributed by atoms with Crippen LogP contribution in [0.2, 0.25) is 0 Å². The van der Waals surface area contributed by atoms with Gasteiger partial charge in [0.1, 0.15) is 11.6 Å². The summed E-state index contributed by atoms with van der Waals surface area (Å²) >= 11 is 3.20. The number of para-hydroxylation sites is 2. The normalized spacial score (nSPS) is 12.7. The van der Waals surface area contributed by atoms with Crippen molar-refractivity contribution in [3.63, 3.8) is 0 Å². The Kier molecular flexibility index (Phi) is 4.03. The number of nitrogens with one attached hydrogen (secondary N) is 2. The van der Waals surface area contributed by atoms with E-state index in [4.69, 9.17) is 0 Å². The molecule has 21 heavy (non-hydrogen) atoms. The average molecular weight is 348 g/mol. The van der Waals surface area contributed by atoms with Crippen LogP contribution in [0.25, 0.3) is 11.0 Å². The van der Waals surface area contributed by atoms with Crippen LogP contribution in [0, 0.1) is 5.82 Å². The number of halogens is 2. The first-order valence-electron chi connectivity index (χ1n) is 6.75. The summed E-state index contributed by atoms with van der Waals surface area (Å²) in [6.07, 6.45) is 0. The third-order valence-corrected chi connectivity index (χ3v) is 4.02. The van der Waals surface area contributed by atoms with Gasteiger partial charge in [0, 0.05) is 6.54 Å². The van der Waals surface area contributed by atoms with Crippen LogP contribution in [0.5, 0.6) is 0 Å². The van der Waals surface area contributed by atoms with Crippen LogP contribution in [0.4, 0.5) is 4.39 Å². The van der Waals surface area contributed by atoms with Gasteiger partial charge in [-0.2, -0.15) is 0 Å². The molecule has 3 rings (SSSR count). The largest absolute Gasteiger partial charge is 0.341 e. The number of imidazole rings is 1. The van der Waals surface area contributed by atoms with Crippen molar-refractivity contribution in [3.8, 4) is 0 Å². The van der Waals surface area contributed by atoms with Crippen molar-refractivity contribution < 1.29 is 4.39 Å². The third kappa shape index (κ3) is 3.14. The molecule has 0 bridgehead atoms. The van der Waals surface area contributed by atoms with Crippen molar-refractivity contribution >= 4 is 27.0 Å². The molecule has 5 heteroatoms. The molecule has 0 radical (unpaired) electrons. The van der Waals surface area contributed by atoms with Gasteiger partial charge in [-0.05, 0) is 52.7 Å². The van der Waals surface area contributed by atoms with Crippen LogP contribution in [0.1, 0.15) is 24.4 Å². The lowest BCUT2D eigenvalue weighted by atomic mass is 10.2. The number of aromatic amines is 1. The molecule has 1 atom stereocenters. The molecule has 1 aromatic heterocycles. The molecule has 0 aliphatic carbocycles. The van der Waals surface area contributed by atoms with Gasteiger partial charge in [-0.15, -0.1) is 0 Å². The number of H-pyrrole nitrogens is 1. The molecule has 3 nitrogen and oxygen atoms in total. The van der Waals surface area contributed by atoms with Crippen LogP contribution in [-0.4, -0.2) is 9.97 Å². The number of nitrogens with zero attached hydrogens (tertiary/aromatic N) is 1. The van der Waals surface area contributed by atoms with E-state index < -0.39 is 0 Å². The van der Waals surface area contributed by atoms with E-state index in [0.29, 0.717) is 11.0 Å². The van der Waals surface area contributed by atoms with Crippen molar-refractivity contribution in [2.24, 2.45) is 0 Å². The predicted molar refractivity (Wildman–Crippen MR) is 85.4 cm³/mol. The van der Waals surface area contributed by atoms with E-state index >= 15 is 0 Å². The smallest absolute Gasteiger partial charge is 0.137 e. The maximum Gasteiger partial charge on any atom is 0.137 e. The van der Waals surface area contributed by atoms with Gasteiger partial charge in [0.2, 0.25) is 0 Å². The molecule has 1 unspecified atom stereocenters. The lowest BCUT2D eigenvalue weighted by Crippen LogP contribution is -2.19.